The normalized spacial score (nSPS) is 13.2. The third kappa shape index (κ3) is 2.51. The first-order chi connectivity index (χ1) is 10.9. The Hall–Kier alpha value is -2.88. The number of aromatic nitrogens is 3. The van der Waals surface area contributed by atoms with E-state index in [4.69, 9.17) is 4.98 Å². The number of hydrogen-bond donors (Lipinski definition) is 1. The maximum Gasteiger partial charge on any atom is 0.138 e. The van der Waals surface area contributed by atoms with Crippen LogP contribution in [0.25, 0.3) is 17.5 Å². The van der Waals surface area contributed by atoms with Gasteiger partial charge in [-0.05, 0) is 23.8 Å². The Labute approximate surface area is 129 Å². The molecule has 4 nitrogen and oxygen atoms in total. The van der Waals surface area contributed by atoms with E-state index in [0.29, 0.717) is 0 Å². The molecule has 3 heterocycles. The predicted octanol–water partition coefficient (Wildman–Crippen LogP) is 3.46. The van der Waals surface area contributed by atoms with Crippen LogP contribution in [0.1, 0.15) is 17.0 Å². The van der Waals surface area contributed by atoms with E-state index in [1.807, 2.05) is 42.7 Å². The summed E-state index contributed by atoms with van der Waals surface area (Å²) in [5.74, 6) is 0.931. The van der Waals surface area contributed by atoms with Crippen molar-refractivity contribution in [1.29, 1.82) is 0 Å². The van der Waals surface area contributed by atoms with Gasteiger partial charge < -0.3 is 9.88 Å². The predicted molar refractivity (Wildman–Crippen MR) is 86.5 cm³/mol. The van der Waals surface area contributed by atoms with Crippen LogP contribution in [0.4, 0.5) is 0 Å². The van der Waals surface area contributed by atoms with E-state index in [-0.39, 0.29) is 0 Å². The molecule has 1 aliphatic rings. The Bertz CT molecular complexity index is 790. The van der Waals surface area contributed by atoms with E-state index in [9.17, 15) is 0 Å². The number of rotatable bonds is 3. The van der Waals surface area contributed by atoms with Crippen molar-refractivity contribution in [1.82, 2.24) is 19.9 Å². The van der Waals surface area contributed by atoms with Crippen molar-refractivity contribution in [2.75, 3.05) is 0 Å². The fraction of sp³-hybridized carbons (Fsp3) is 0.111. The van der Waals surface area contributed by atoms with Crippen molar-refractivity contribution in [2.24, 2.45) is 0 Å². The molecule has 1 N–H and O–H groups in total. The first-order valence-electron chi connectivity index (χ1n) is 7.34. The topological polar surface area (TPSA) is 44.8 Å². The minimum Gasteiger partial charge on any atom is -0.367 e. The van der Waals surface area contributed by atoms with Crippen LogP contribution >= 0.6 is 0 Å². The quantitative estimate of drug-likeness (QED) is 0.802. The summed E-state index contributed by atoms with van der Waals surface area (Å²) in [5, 5.41) is 0. The minimum absolute atomic E-state index is 0.817. The molecule has 3 aromatic rings. The molecule has 0 saturated heterocycles. The average molecular weight is 288 g/mol. The standard InChI is InChI=1S/C18H16N4/c1-2-4-15(5-3-1)18-20-16-8-11-22(13-17(16)21-18)12-14-6-9-19-10-7-14/h1-11H,12-13H2,(H,20,21). The maximum absolute atomic E-state index is 4.75. The molecule has 108 valence electrons. The SMILES string of the molecule is C1=CN(Cc2ccncc2)Cc2nc(-c3ccccc3)[nH]c21. The minimum atomic E-state index is 0.817. The van der Waals surface area contributed by atoms with Gasteiger partial charge in [0.15, 0.2) is 0 Å². The first kappa shape index (κ1) is 12.8. The van der Waals surface area contributed by atoms with Gasteiger partial charge in [-0.2, -0.15) is 0 Å². The summed E-state index contributed by atoms with van der Waals surface area (Å²) in [5.41, 5.74) is 4.56. The Kier molecular flexibility index (Phi) is 3.20. The van der Waals surface area contributed by atoms with Crippen LogP contribution < -0.4 is 0 Å². The van der Waals surface area contributed by atoms with E-state index >= 15 is 0 Å². The monoisotopic (exact) mass is 288 g/mol. The number of imidazole rings is 1. The molecule has 4 rings (SSSR count). The van der Waals surface area contributed by atoms with Crippen molar-refractivity contribution >= 4 is 6.08 Å². The number of nitrogens with one attached hydrogen (secondary N) is 1. The second kappa shape index (κ2) is 5.48. The molecule has 0 unspecified atom stereocenters. The Morgan fingerprint density at radius 3 is 2.68 bits per heavy atom. The summed E-state index contributed by atoms with van der Waals surface area (Å²) in [6.07, 6.45) is 7.88. The average Bonchev–Trinajstić information content (AvgIpc) is 3.00. The molecule has 0 saturated carbocycles. The van der Waals surface area contributed by atoms with Crippen LogP contribution in [0, 0.1) is 0 Å². The van der Waals surface area contributed by atoms with E-state index < -0.39 is 0 Å². The molecule has 22 heavy (non-hydrogen) atoms. The van der Waals surface area contributed by atoms with E-state index in [1.165, 1.54) is 5.56 Å². The van der Waals surface area contributed by atoms with Gasteiger partial charge in [-0.25, -0.2) is 4.98 Å². The summed E-state index contributed by atoms with van der Waals surface area (Å²) in [4.78, 5) is 14.5. The Morgan fingerprint density at radius 2 is 1.86 bits per heavy atom. The third-order valence-electron chi connectivity index (χ3n) is 3.80. The van der Waals surface area contributed by atoms with E-state index in [2.05, 4.69) is 39.3 Å². The van der Waals surface area contributed by atoms with Gasteiger partial charge in [-0.1, -0.05) is 30.3 Å². The molecule has 0 spiro atoms. The second-order valence-corrected chi connectivity index (χ2v) is 5.39. The van der Waals surface area contributed by atoms with Gasteiger partial charge >= 0.3 is 0 Å². The van der Waals surface area contributed by atoms with Crippen LogP contribution in [0.5, 0.6) is 0 Å². The number of benzene rings is 1. The number of nitrogens with zero attached hydrogens (tertiary/aromatic N) is 3. The Morgan fingerprint density at radius 1 is 1.05 bits per heavy atom. The van der Waals surface area contributed by atoms with Crippen molar-refractivity contribution in [2.45, 2.75) is 13.1 Å². The molecule has 0 radical (unpaired) electrons. The molecule has 0 amide bonds. The fourth-order valence-electron chi connectivity index (χ4n) is 2.67. The van der Waals surface area contributed by atoms with Crippen LogP contribution in [0.2, 0.25) is 0 Å². The third-order valence-corrected chi connectivity index (χ3v) is 3.80. The number of H-pyrrole nitrogens is 1. The Balaban J connectivity index is 1.55. The molecule has 4 heteroatoms. The lowest BCUT2D eigenvalue weighted by Gasteiger charge is -2.22. The summed E-state index contributed by atoms with van der Waals surface area (Å²) >= 11 is 0. The number of fused-ring (bicyclic) bond motifs is 1. The molecule has 1 aromatic carbocycles. The zero-order valence-corrected chi connectivity index (χ0v) is 12.1. The zero-order valence-electron chi connectivity index (χ0n) is 12.1. The molecule has 0 bridgehead atoms. The zero-order chi connectivity index (χ0) is 14.8. The lowest BCUT2D eigenvalue weighted by molar-refractivity contribution is 0.355. The van der Waals surface area contributed by atoms with Crippen LogP contribution in [-0.2, 0) is 13.1 Å². The molecule has 0 fully saturated rings. The van der Waals surface area contributed by atoms with Gasteiger partial charge in [0.25, 0.3) is 0 Å². The summed E-state index contributed by atoms with van der Waals surface area (Å²) < 4.78 is 0. The van der Waals surface area contributed by atoms with E-state index in [0.717, 1.165) is 35.9 Å². The van der Waals surface area contributed by atoms with Gasteiger partial charge in [0.1, 0.15) is 5.82 Å². The highest BCUT2D eigenvalue weighted by Gasteiger charge is 2.16. The maximum atomic E-state index is 4.75. The lowest BCUT2D eigenvalue weighted by atomic mass is 10.2. The number of aromatic amines is 1. The highest BCUT2D eigenvalue weighted by molar-refractivity contribution is 5.60. The molecular weight excluding hydrogens is 272 g/mol. The van der Waals surface area contributed by atoms with Gasteiger partial charge in [0.05, 0.1) is 17.9 Å². The molecule has 0 atom stereocenters. The summed E-state index contributed by atoms with van der Waals surface area (Å²) in [6.45, 7) is 1.68. The van der Waals surface area contributed by atoms with Gasteiger partial charge in [-0.3, -0.25) is 4.98 Å². The first-order valence-corrected chi connectivity index (χ1v) is 7.34. The fourth-order valence-corrected chi connectivity index (χ4v) is 2.67. The van der Waals surface area contributed by atoms with Crippen molar-refractivity contribution in [3.05, 3.63) is 78.0 Å². The second-order valence-electron chi connectivity index (χ2n) is 5.39. The molecular formula is C18H16N4. The van der Waals surface area contributed by atoms with Gasteiger partial charge in [0.2, 0.25) is 0 Å². The van der Waals surface area contributed by atoms with Crippen LogP contribution in [0.15, 0.2) is 61.1 Å². The van der Waals surface area contributed by atoms with Crippen molar-refractivity contribution in [3.8, 4) is 11.4 Å². The smallest absolute Gasteiger partial charge is 0.138 e. The van der Waals surface area contributed by atoms with Gasteiger partial charge in [0, 0.05) is 30.7 Å². The number of hydrogen-bond acceptors (Lipinski definition) is 3. The molecule has 0 aliphatic carbocycles. The van der Waals surface area contributed by atoms with E-state index in [1.54, 1.807) is 0 Å². The largest absolute Gasteiger partial charge is 0.367 e. The summed E-state index contributed by atoms with van der Waals surface area (Å²) in [7, 11) is 0. The molecule has 2 aromatic heterocycles. The lowest BCUT2D eigenvalue weighted by Crippen LogP contribution is -2.19. The van der Waals surface area contributed by atoms with Crippen LogP contribution in [0.3, 0.4) is 0 Å². The van der Waals surface area contributed by atoms with Crippen LogP contribution in [-0.4, -0.2) is 19.9 Å². The highest BCUT2D eigenvalue weighted by Crippen LogP contribution is 2.23. The van der Waals surface area contributed by atoms with Crippen molar-refractivity contribution in [3.63, 3.8) is 0 Å². The number of pyridine rings is 1. The summed E-state index contributed by atoms with van der Waals surface area (Å²) in [6, 6.07) is 14.3. The molecule has 1 aliphatic heterocycles. The van der Waals surface area contributed by atoms with Gasteiger partial charge in [-0.15, -0.1) is 0 Å². The van der Waals surface area contributed by atoms with Crippen molar-refractivity contribution < 1.29 is 0 Å². The highest BCUT2D eigenvalue weighted by atomic mass is 15.1.